The highest BCUT2D eigenvalue weighted by Gasteiger charge is 2.23. The van der Waals surface area contributed by atoms with Gasteiger partial charge in [0, 0.05) is 19.5 Å². The Bertz CT molecular complexity index is 473. The number of amides is 1. The number of piperidine rings is 1. The number of aryl methyl sites for hydroxylation is 1. The topological polar surface area (TPSA) is 57.6 Å². The van der Waals surface area contributed by atoms with Crippen LogP contribution in [0.25, 0.3) is 0 Å². The molecular weight excluding hydrogens is 254 g/mol. The third-order valence-corrected chi connectivity index (χ3v) is 3.95. The maximum Gasteiger partial charge on any atom is 0.303 e. The fourth-order valence-electron chi connectivity index (χ4n) is 2.67. The van der Waals surface area contributed by atoms with E-state index in [0.29, 0.717) is 5.92 Å². The van der Waals surface area contributed by atoms with Gasteiger partial charge in [-0.1, -0.05) is 29.8 Å². The van der Waals surface area contributed by atoms with Crippen molar-refractivity contribution in [3.8, 4) is 0 Å². The first-order valence-electron chi connectivity index (χ1n) is 7.12. The number of carboxylic acids is 1. The normalized spacial score (nSPS) is 16.1. The number of carbonyl (C=O) groups excluding carboxylic acids is 1. The smallest absolute Gasteiger partial charge is 0.303 e. The SMILES string of the molecule is Cc1ccc(C2CCN(C(=O)CCC(=O)O)CC2)cc1. The Labute approximate surface area is 119 Å². The van der Waals surface area contributed by atoms with Crippen LogP contribution in [0, 0.1) is 6.92 Å². The van der Waals surface area contributed by atoms with Gasteiger partial charge in [-0.3, -0.25) is 9.59 Å². The summed E-state index contributed by atoms with van der Waals surface area (Å²) in [7, 11) is 0. The van der Waals surface area contributed by atoms with Gasteiger partial charge in [0.25, 0.3) is 0 Å². The summed E-state index contributed by atoms with van der Waals surface area (Å²) in [5.41, 5.74) is 2.60. The van der Waals surface area contributed by atoms with Gasteiger partial charge in [-0.05, 0) is 31.2 Å². The fourth-order valence-corrected chi connectivity index (χ4v) is 2.67. The van der Waals surface area contributed by atoms with E-state index < -0.39 is 5.97 Å². The van der Waals surface area contributed by atoms with E-state index in [-0.39, 0.29) is 18.7 Å². The zero-order chi connectivity index (χ0) is 14.5. The number of hydrogen-bond acceptors (Lipinski definition) is 2. The average molecular weight is 275 g/mol. The number of aliphatic carboxylic acids is 1. The summed E-state index contributed by atoms with van der Waals surface area (Å²) < 4.78 is 0. The van der Waals surface area contributed by atoms with Gasteiger partial charge in [0.15, 0.2) is 0 Å². The van der Waals surface area contributed by atoms with Crippen molar-refractivity contribution in [2.24, 2.45) is 0 Å². The molecule has 2 rings (SSSR count). The van der Waals surface area contributed by atoms with Gasteiger partial charge in [-0.2, -0.15) is 0 Å². The molecule has 0 unspecified atom stereocenters. The molecule has 1 saturated heterocycles. The molecule has 108 valence electrons. The van der Waals surface area contributed by atoms with Crippen molar-refractivity contribution in [2.45, 2.75) is 38.5 Å². The standard InChI is InChI=1S/C16H21NO3/c1-12-2-4-13(5-3-12)14-8-10-17(11-9-14)15(18)6-7-16(19)20/h2-5,14H,6-11H2,1H3,(H,19,20). The lowest BCUT2D eigenvalue weighted by atomic mass is 9.89. The minimum atomic E-state index is -0.909. The predicted octanol–water partition coefficient (Wildman–Crippen LogP) is 2.57. The molecule has 1 aliphatic heterocycles. The summed E-state index contributed by atoms with van der Waals surface area (Å²) in [5, 5.41) is 8.60. The van der Waals surface area contributed by atoms with Gasteiger partial charge in [0.1, 0.15) is 0 Å². The Morgan fingerprint density at radius 1 is 1.15 bits per heavy atom. The summed E-state index contributed by atoms with van der Waals surface area (Å²) in [5.74, 6) is -0.429. The van der Waals surface area contributed by atoms with E-state index in [2.05, 4.69) is 31.2 Å². The molecule has 0 spiro atoms. The Morgan fingerprint density at radius 2 is 1.75 bits per heavy atom. The van der Waals surface area contributed by atoms with Gasteiger partial charge in [-0.15, -0.1) is 0 Å². The Morgan fingerprint density at radius 3 is 2.30 bits per heavy atom. The molecule has 1 aromatic rings. The van der Waals surface area contributed by atoms with Crippen molar-refractivity contribution in [1.82, 2.24) is 4.90 Å². The van der Waals surface area contributed by atoms with Crippen LogP contribution in [-0.2, 0) is 9.59 Å². The number of rotatable bonds is 4. The van der Waals surface area contributed by atoms with Crippen LogP contribution in [0.1, 0.15) is 42.7 Å². The van der Waals surface area contributed by atoms with Gasteiger partial charge >= 0.3 is 5.97 Å². The molecule has 0 saturated carbocycles. The largest absolute Gasteiger partial charge is 0.481 e. The van der Waals surface area contributed by atoms with Crippen LogP contribution < -0.4 is 0 Å². The molecule has 0 atom stereocenters. The summed E-state index contributed by atoms with van der Waals surface area (Å²) in [6, 6.07) is 8.59. The summed E-state index contributed by atoms with van der Waals surface area (Å²) >= 11 is 0. The Balaban J connectivity index is 1.84. The van der Waals surface area contributed by atoms with Crippen molar-refractivity contribution < 1.29 is 14.7 Å². The Kier molecular flexibility index (Phi) is 4.77. The predicted molar refractivity (Wildman–Crippen MR) is 76.6 cm³/mol. The lowest BCUT2D eigenvalue weighted by Gasteiger charge is -2.32. The number of likely N-dealkylation sites (tertiary alicyclic amines) is 1. The third kappa shape index (κ3) is 3.83. The molecule has 0 aromatic heterocycles. The van der Waals surface area contributed by atoms with Crippen LogP contribution in [0.15, 0.2) is 24.3 Å². The highest BCUT2D eigenvalue weighted by molar-refractivity contribution is 5.80. The number of benzene rings is 1. The maximum absolute atomic E-state index is 11.9. The highest BCUT2D eigenvalue weighted by atomic mass is 16.4. The second kappa shape index (κ2) is 6.55. The summed E-state index contributed by atoms with van der Waals surface area (Å²) in [6.07, 6.45) is 1.96. The minimum absolute atomic E-state index is 0.0326. The quantitative estimate of drug-likeness (QED) is 0.918. The molecule has 4 heteroatoms. The summed E-state index contributed by atoms with van der Waals surface area (Å²) in [4.78, 5) is 24.1. The molecule has 0 aliphatic carbocycles. The van der Waals surface area contributed by atoms with Crippen LogP contribution in [0.3, 0.4) is 0 Å². The molecule has 1 amide bonds. The molecule has 4 nitrogen and oxygen atoms in total. The highest BCUT2D eigenvalue weighted by Crippen LogP contribution is 2.28. The number of nitrogens with zero attached hydrogens (tertiary/aromatic N) is 1. The van der Waals surface area contributed by atoms with E-state index in [4.69, 9.17) is 5.11 Å². The second-order valence-corrected chi connectivity index (χ2v) is 5.46. The van der Waals surface area contributed by atoms with Crippen molar-refractivity contribution in [3.05, 3.63) is 35.4 Å². The van der Waals surface area contributed by atoms with Crippen molar-refractivity contribution >= 4 is 11.9 Å². The maximum atomic E-state index is 11.9. The van der Waals surface area contributed by atoms with Gasteiger partial charge in [0.2, 0.25) is 5.91 Å². The zero-order valence-electron chi connectivity index (χ0n) is 11.8. The Hall–Kier alpha value is -1.84. The van der Waals surface area contributed by atoms with Gasteiger partial charge in [0.05, 0.1) is 6.42 Å². The van der Waals surface area contributed by atoms with E-state index >= 15 is 0 Å². The van der Waals surface area contributed by atoms with Crippen LogP contribution >= 0.6 is 0 Å². The zero-order valence-corrected chi connectivity index (χ0v) is 11.8. The number of carboxylic acid groups (broad SMARTS) is 1. The van der Waals surface area contributed by atoms with E-state index in [1.165, 1.54) is 11.1 Å². The van der Waals surface area contributed by atoms with Crippen LogP contribution in [0.4, 0.5) is 0 Å². The van der Waals surface area contributed by atoms with Gasteiger partial charge < -0.3 is 10.0 Å². The van der Waals surface area contributed by atoms with Crippen LogP contribution in [0.2, 0.25) is 0 Å². The van der Waals surface area contributed by atoms with Crippen LogP contribution in [-0.4, -0.2) is 35.0 Å². The van der Waals surface area contributed by atoms with E-state index in [0.717, 1.165) is 25.9 Å². The lowest BCUT2D eigenvalue weighted by Crippen LogP contribution is -2.38. The molecule has 1 heterocycles. The van der Waals surface area contributed by atoms with Gasteiger partial charge in [-0.25, -0.2) is 0 Å². The molecular formula is C16H21NO3. The van der Waals surface area contributed by atoms with Crippen LogP contribution in [0.5, 0.6) is 0 Å². The van der Waals surface area contributed by atoms with Crippen molar-refractivity contribution in [2.75, 3.05) is 13.1 Å². The molecule has 1 aliphatic rings. The van der Waals surface area contributed by atoms with Crippen molar-refractivity contribution in [3.63, 3.8) is 0 Å². The first-order valence-corrected chi connectivity index (χ1v) is 7.12. The second-order valence-electron chi connectivity index (χ2n) is 5.46. The number of carbonyl (C=O) groups is 2. The molecule has 1 N–H and O–H groups in total. The van der Waals surface area contributed by atoms with E-state index in [9.17, 15) is 9.59 Å². The molecule has 20 heavy (non-hydrogen) atoms. The fraction of sp³-hybridized carbons (Fsp3) is 0.500. The number of hydrogen-bond donors (Lipinski definition) is 1. The monoisotopic (exact) mass is 275 g/mol. The third-order valence-electron chi connectivity index (χ3n) is 3.95. The van der Waals surface area contributed by atoms with E-state index in [1.807, 2.05) is 0 Å². The molecule has 1 aromatic carbocycles. The molecule has 0 bridgehead atoms. The average Bonchev–Trinajstić information content (AvgIpc) is 2.46. The lowest BCUT2D eigenvalue weighted by molar-refractivity contribution is -0.141. The minimum Gasteiger partial charge on any atom is -0.481 e. The first-order chi connectivity index (χ1) is 9.56. The molecule has 0 radical (unpaired) electrons. The first kappa shape index (κ1) is 14.6. The summed E-state index contributed by atoms with van der Waals surface area (Å²) in [6.45, 7) is 3.54. The molecule has 1 fully saturated rings. The van der Waals surface area contributed by atoms with E-state index in [1.54, 1.807) is 4.90 Å². The van der Waals surface area contributed by atoms with Crippen molar-refractivity contribution in [1.29, 1.82) is 0 Å².